The second-order valence-electron chi connectivity index (χ2n) is 7.70. The van der Waals surface area contributed by atoms with Crippen molar-refractivity contribution in [2.75, 3.05) is 21.2 Å². The summed E-state index contributed by atoms with van der Waals surface area (Å²) in [6, 6.07) is 5.57. The Balaban J connectivity index is 1.86. The van der Waals surface area contributed by atoms with Crippen LogP contribution >= 0.6 is 12.2 Å². The Labute approximate surface area is 174 Å². The van der Waals surface area contributed by atoms with Gasteiger partial charge in [0.1, 0.15) is 12.2 Å². The molecule has 1 aliphatic carbocycles. The minimum absolute atomic E-state index is 0.0224. The van der Waals surface area contributed by atoms with Gasteiger partial charge in [-0.2, -0.15) is 0 Å². The summed E-state index contributed by atoms with van der Waals surface area (Å²) in [5.41, 5.74) is -0.0470. The molecule has 9 heteroatoms. The maximum Gasteiger partial charge on any atom is 0.353 e. The third-order valence-electron chi connectivity index (χ3n) is 5.87. The number of hydrogen-bond donors (Lipinski definition) is 0. The van der Waals surface area contributed by atoms with Gasteiger partial charge in [-0.1, -0.05) is 12.1 Å². The third-order valence-corrected chi connectivity index (χ3v) is 6.06. The van der Waals surface area contributed by atoms with Crippen LogP contribution < -0.4 is 9.47 Å². The molecule has 5 atom stereocenters. The van der Waals surface area contributed by atoms with Gasteiger partial charge >= 0.3 is 11.2 Å². The molecule has 0 spiro atoms. The molecule has 2 fully saturated rings. The van der Waals surface area contributed by atoms with E-state index in [1.807, 2.05) is 12.1 Å². The van der Waals surface area contributed by atoms with Gasteiger partial charge < -0.3 is 28.6 Å². The fourth-order valence-electron chi connectivity index (χ4n) is 4.61. The Hall–Kier alpha value is -2.55. The maximum absolute atomic E-state index is 12.9. The highest BCUT2D eigenvalue weighted by atomic mass is 32.1. The van der Waals surface area contributed by atoms with Crippen LogP contribution in [0.1, 0.15) is 25.3 Å². The van der Waals surface area contributed by atoms with Crippen LogP contribution in [0.15, 0.2) is 18.2 Å². The highest BCUT2D eigenvalue weighted by molar-refractivity contribution is 7.79. The number of carbonyl (C=O) groups is 2. The zero-order valence-electron chi connectivity index (χ0n) is 16.7. The fraction of sp³-hybridized carbons (Fsp3) is 0.550. The number of amides is 1. The summed E-state index contributed by atoms with van der Waals surface area (Å²) in [7, 11) is 4.97. The summed E-state index contributed by atoms with van der Waals surface area (Å²) in [4.78, 5) is 26.1. The molecule has 8 nitrogen and oxygen atoms in total. The van der Waals surface area contributed by atoms with E-state index in [1.54, 1.807) is 27.3 Å². The Bertz CT molecular complexity index is 872. The van der Waals surface area contributed by atoms with Crippen LogP contribution in [0, 0.1) is 0 Å². The normalized spacial score (nSPS) is 31.4. The molecule has 1 aromatic rings. The van der Waals surface area contributed by atoms with E-state index in [0.717, 1.165) is 5.56 Å². The summed E-state index contributed by atoms with van der Waals surface area (Å²) in [6.45, 7) is 1.34. The number of hydrogen-bond acceptors (Lipinski definition) is 8. The molecule has 0 bridgehead atoms. The quantitative estimate of drug-likeness (QED) is 0.535. The standard InChI is InChI=1S/C20H23NO7S/c1-10(22)25-13-8-14-20(9-15(23)21(2)3,18-17(13)27-19(29)28-18)11-6-5-7-12(24-4)16(11)26-14/h5-7,13-14,17-18H,8-9H2,1-4H3/t13-,14-,17+,18+,20-/m1/s1. The number of esters is 1. The molecule has 2 heterocycles. The Morgan fingerprint density at radius 1 is 1.28 bits per heavy atom. The zero-order chi connectivity index (χ0) is 20.9. The molecule has 0 unspecified atom stereocenters. The van der Waals surface area contributed by atoms with E-state index in [0.29, 0.717) is 17.9 Å². The smallest absolute Gasteiger partial charge is 0.353 e. The van der Waals surface area contributed by atoms with E-state index in [-0.39, 0.29) is 17.6 Å². The fourth-order valence-corrected chi connectivity index (χ4v) is 4.83. The molecule has 0 radical (unpaired) electrons. The predicted molar refractivity (Wildman–Crippen MR) is 105 cm³/mol. The van der Waals surface area contributed by atoms with E-state index < -0.39 is 35.8 Å². The molecule has 4 rings (SSSR count). The van der Waals surface area contributed by atoms with Crippen LogP contribution in [0.25, 0.3) is 0 Å². The van der Waals surface area contributed by atoms with Gasteiger partial charge in [-0.05, 0) is 6.07 Å². The number of methoxy groups -OCH3 is 1. The van der Waals surface area contributed by atoms with E-state index in [4.69, 9.17) is 35.9 Å². The largest absolute Gasteiger partial charge is 0.493 e. The van der Waals surface area contributed by atoms with Gasteiger partial charge in [-0.15, -0.1) is 0 Å². The first-order valence-electron chi connectivity index (χ1n) is 9.36. The number of fused-ring (bicyclic) bond motifs is 5. The first-order chi connectivity index (χ1) is 13.8. The number of carbonyl (C=O) groups excluding carboxylic acids is 2. The lowest BCUT2D eigenvalue weighted by atomic mass is 9.62. The number of para-hydroxylation sites is 1. The Morgan fingerprint density at radius 3 is 2.69 bits per heavy atom. The number of thiocarbonyl (C=S) groups is 1. The number of benzene rings is 1. The Morgan fingerprint density at radius 2 is 2.03 bits per heavy atom. The highest BCUT2D eigenvalue weighted by Gasteiger charge is 2.67. The summed E-state index contributed by atoms with van der Waals surface area (Å²) < 4.78 is 29.0. The predicted octanol–water partition coefficient (Wildman–Crippen LogP) is 1.58. The topological polar surface area (TPSA) is 83.5 Å². The van der Waals surface area contributed by atoms with Gasteiger partial charge in [0.25, 0.3) is 0 Å². The van der Waals surface area contributed by atoms with Crippen molar-refractivity contribution < 1.29 is 33.3 Å². The van der Waals surface area contributed by atoms with Crippen molar-refractivity contribution in [3.63, 3.8) is 0 Å². The minimum Gasteiger partial charge on any atom is -0.493 e. The first kappa shape index (κ1) is 19.8. The van der Waals surface area contributed by atoms with Crippen molar-refractivity contribution in [3.05, 3.63) is 23.8 Å². The summed E-state index contributed by atoms with van der Waals surface area (Å²) in [5.74, 6) is 0.617. The molecule has 2 aliphatic heterocycles. The molecule has 1 aromatic carbocycles. The minimum atomic E-state index is -0.854. The molecule has 1 saturated carbocycles. The van der Waals surface area contributed by atoms with Gasteiger partial charge in [0.2, 0.25) is 5.91 Å². The van der Waals surface area contributed by atoms with Crippen molar-refractivity contribution in [2.45, 2.75) is 49.6 Å². The average Bonchev–Trinajstić information content (AvgIpc) is 3.20. The molecular weight excluding hydrogens is 398 g/mol. The molecule has 0 N–H and O–H groups in total. The summed E-state index contributed by atoms with van der Waals surface area (Å²) >= 11 is 5.18. The molecule has 1 saturated heterocycles. The van der Waals surface area contributed by atoms with Crippen LogP contribution in [-0.2, 0) is 29.2 Å². The lowest BCUT2D eigenvalue weighted by Crippen LogP contribution is -2.62. The summed E-state index contributed by atoms with van der Waals surface area (Å²) in [6.07, 6.45) is -1.89. The average molecular weight is 421 g/mol. The lowest BCUT2D eigenvalue weighted by Gasteiger charge is -2.45. The van der Waals surface area contributed by atoms with Crippen molar-refractivity contribution >= 4 is 29.3 Å². The third kappa shape index (κ3) is 2.99. The van der Waals surface area contributed by atoms with Crippen LogP contribution in [0.5, 0.6) is 11.5 Å². The molecule has 1 amide bonds. The van der Waals surface area contributed by atoms with E-state index in [2.05, 4.69) is 0 Å². The Kier molecular flexibility index (Phi) is 4.80. The van der Waals surface area contributed by atoms with E-state index >= 15 is 0 Å². The number of rotatable bonds is 4. The molecular formula is C20H23NO7S. The SMILES string of the molecule is COc1cccc2c1O[C@@H]1C[C@@H](OC(C)=O)[C@@H]3OC(=S)O[C@@H]3[C@]21CC(=O)N(C)C. The first-order valence-corrected chi connectivity index (χ1v) is 9.77. The lowest BCUT2D eigenvalue weighted by molar-refractivity contribution is -0.165. The van der Waals surface area contributed by atoms with Crippen molar-refractivity contribution in [1.29, 1.82) is 0 Å². The van der Waals surface area contributed by atoms with Crippen molar-refractivity contribution in [1.82, 2.24) is 4.90 Å². The maximum atomic E-state index is 12.9. The van der Waals surface area contributed by atoms with Crippen molar-refractivity contribution in [3.8, 4) is 11.5 Å². The van der Waals surface area contributed by atoms with Crippen molar-refractivity contribution in [2.24, 2.45) is 0 Å². The number of nitrogens with zero attached hydrogens (tertiary/aromatic N) is 1. The van der Waals surface area contributed by atoms with Gasteiger partial charge in [-0.25, -0.2) is 0 Å². The molecule has 3 aliphatic rings. The van der Waals surface area contributed by atoms with Gasteiger partial charge in [0, 0.05) is 51.6 Å². The monoisotopic (exact) mass is 421 g/mol. The van der Waals surface area contributed by atoms with Crippen LogP contribution in [0.3, 0.4) is 0 Å². The van der Waals surface area contributed by atoms with E-state index in [9.17, 15) is 9.59 Å². The molecule has 0 aromatic heterocycles. The summed E-state index contributed by atoms with van der Waals surface area (Å²) in [5, 5.41) is -0.0224. The van der Waals surface area contributed by atoms with Crippen LogP contribution in [0.2, 0.25) is 0 Å². The van der Waals surface area contributed by atoms with Crippen LogP contribution in [0.4, 0.5) is 0 Å². The van der Waals surface area contributed by atoms with E-state index in [1.165, 1.54) is 11.8 Å². The number of ether oxygens (including phenoxy) is 5. The zero-order valence-corrected chi connectivity index (χ0v) is 17.5. The molecule has 29 heavy (non-hydrogen) atoms. The van der Waals surface area contributed by atoms with Gasteiger partial charge in [0.05, 0.1) is 12.5 Å². The molecule has 156 valence electrons. The van der Waals surface area contributed by atoms with Gasteiger partial charge in [0.15, 0.2) is 23.7 Å². The van der Waals surface area contributed by atoms with Gasteiger partial charge in [-0.3, -0.25) is 9.59 Å². The highest BCUT2D eigenvalue weighted by Crippen LogP contribution is 2.58. The second kappa shape index (κ2) is 7.05. The second-order valence-corrected chi connectivity index (χ2v) is 8.04. The van der Waals surface area contributed by atoms with Crippen LogP contribution in [-0.4, -0.2) is 67.6 Å².